The molecule has 1 saturated heterocycles. The summed E-state index contributed by atoms with van der Waals surface area (Å²) in [5, 5.41) is 6.59. The number of nitrogens with one attached hydrogen (secondary N) is 2. The van der Waals surface area contributed by atoms with E-state index in [0.717, 1.165) is 22.4 Å². The van der Waals surface area contributed by atoms with Crippen LogP contribution < -0.4 is 10.6 Å². The summed E-state index contributed by atoms with van der Waals surface area (Å²) in [7, 11) is 0. The molecule has 0 spiro atoms. The molecule has 1 heterocycles. The lowest BCUT2D eigenvalue weighted by Gasteiger charge is -2.33. The lowest BCUT2D eigenvalue weighted by molar-refractivity contribution is -0.123. The summed E-state index contributed by atoms with van der Waals surface area (Å²) >= 11 is 1.61. The zero-order chi connectivity index (χ0) is 16.9. The molecule has 1 amide bonds. The third-order valence-corrected chi connectivity index (χ3v) is 5.20. The number of halogens is 1. The van der Waals surface area contributed by atoms with Gasteiger partial charge in [0.2, 0.25) is 5.91 Å². The Balaban J connectivity index is 1.75. The Morgan fingerprint density at radius 1 is 1.25 bits per heavy atom. The Morgan fingerprint density at radius 2 is 2.04 bits per heavy atom. The predicted molar refractivity (Wildman–Crippen MR) is 95.4 cm³/mol. The van der Waals surface area contributed by atoms with Gasteiger partial charge in [0.1, 0.15) is 5.82 Å². The molecule has 1 fully saturated rings. The molecular weight excluding hydrogens is 323 g/mol. The van der Waals surface area contributed by atoms with Crippen molar-refractivity contribution in [2.45, 2.75) is 36.4 Å². The molecule has 0 aromatic heterocycles. The molecule has 3 rings (SSSR count). The first-order valence-electron chi connectivity index (χ1n) is 8.07. The van der Waals surface area contributed by atoms with Crippen LogP contribution in [0.1, 0.15) is 30.0 Å². The topological polar surface area (TPSA) is 41.1 Å². The Labute approximate surface area is 146 Å². The van der Waals surface area contributed by atoms with Crippen molar-refractivity contribution in [3.8, 4) is 0 Å². The van der Waals surface area contributed by atoms with Crippen LogP contribution in [0.2, 0.25) is 0 Å². The average molecular weight is 344 g/mol. The number of hydrogen-bond acceptors (Lipinski definition) is 3. The van der Waals surface area contributed by atoms with E-state index in [1.165, 1.54) is 6.07 Å². The fourth-order valence-electron chi connectivity index (χ4n) is 3.12. The second-order valence-electron chi connectivity index (χ2n) is 5.94. The van der Waals surface area contributed by atoms with Gasteiger partial charge in [-0.2, -0.15) is 0 Å². The summed E-state index contributed by atoms with van der Waals surface area (Å²) in [5.41, 5.74) is 2.04. The molecule has 2 aromatic rings. The summed E-state index contributed by atoms with van der Waals surface area (Å²) in [6, 6.07) is 14.9. The summed E-state index contributed by atoms with van der Waals surface area (Å²) in [6.07, 6.45) is 3.28. The van der Waals surface area contributed by atoms with Crippen LogP contribution in [0, 0.1) is 5.82 Å². The standard InChI is InChI=1S/C19H21FN2OS/c1-24-17-9-7-15(20)11-14(17)12-21-16-8-10-18(23)22-19(16)13-5-3-2-4-6-13/h2-7,9,11,16,19,21H,8,10,12H2,1H3,(H,22,23). The Kier molecular flexibility index (Phi) is 5.53. The van der Waals surface area contributed by atoms with Gasteiger partial charge in [-0.1, -0.05) is 30.3 Å². The zero-order valence-electron chi connectivity index (χ0n) is 13.6. The molecule has 24 heavy (non-hydrogen) atoms. The predicted octanol–water partition coefficient (Wildman–Crippen LogP) is 3.66. The van der Waals surface area contributed by atoms with Crippen LogP contribution in [-0.2, 0) is 11.3 Å². The van der Waals surface area contributed by atoms with Gasteiger partial charge in [-0.25, -0.2) is 4.39 Å². The number of carbonyl (C=O) groups excluding carboxylic acids is 1. The lowest BCUT2D eigenvalue weighted by Crippen LogP contribution is -2.48. The van der Waals surface area contributed by atoms with Crippen LogP contribution in [0.15, 0.2) is 53.4 Å². The quantitative estimate of drug-likeness (QED) is 0.814. The van der Waals surface area contributed by atoms with Gasteiger partial charge in [0.15, 0.2) is 0 Å². The van der Waals surface area contributed by atoms with Gasteiger partial charge < -0.3 is 10.6 Å². The largest absolute Gasteiger partial charge is 0.348 e. The molecule has 0 saturated carbocycles. The number of hydrogen-bond donors (Lipinski definition) is 2. The summed E-state index contributed by atoms with van der Waals surface area (Å²) in [4.78, 5) is 12.9. The van der Waals surface area contributed by atoms with Gasteiger partial charge in [0.25, 0.3) is 0 Å². The van der Waals surface area contributed by atoms with Gasteiger partial charge in [-0.15, -0.1) is 11.8 Å². The van der Waals surface area contributed by atoms with E-state index >= 15 is 0 Å². The van der Waals surface area contributed by atoms with Crippen molar-refractivity contribution in [3.05, 3.63) is 65.5 Å². The van der Waals surface area contributed by atoms with E-state index in [-0.39, 0.29) is 23.8 Å². The van der Waals surface area contributed by atoms with E-state index in [0.29, 0.717) is 13.0 Å². The average Bonchev–Trinajstić information content (AvgIpc) is 2.61. The van der Waals surface area contributed by atoms with E-state index in [4.69, 9.17) is 0 Å². The van der Waals surface area contributed by atoms with Crippen LogP contribution in [0.4, 0.5) is 4.39 Å². The normalized spacial score (nSPS) is 20.7. The fraction of sp³-hybridized carbons (Fsp3) is 0.316. The Bertz CT molecular complexity index is 708. The first-order valence-corrected chi connectivity index (χ1v) is 9.30. The molecule has 2 aromatic carbocycles. The highest BCUT2D eigenvalue weighted by atomic mass is 32.2. The first-order chi connectivity index (χ1) is 11.7. The van der Waals surface area contributed by atoms with E-state index in [2.05, 4.69) is 10.6 Å². The van der Waals surface area contributed by atoms with Crippen LogP contribution in [0.5, 0.6) is 0 Å². The van der Waals surface area contributed by atoms with Gasteiger partial charge >= 0.3 is 0 Å². The molecule has 0 radical (unpaired) electrons. The van der Waals surface area contributed by atoms with Gasteiger partial charge in [0.05, 0.1) is 6.04 Å². The van der Waals surface area contributed by atoms with E-state index in [1.54, 1.807) is 17.8 Å². The van der Waals surface area contributed by atoms with Crippen molar-refractivity contribution in [2.75, 3.05) is 6.26 Å². The fourth-order valence-corrected chi connectivity index (χ4v) is 3.72. The molecule has 2 N–H and O–H groups in total. The number of benzene rings is 2. The highest BCUT2D eigenvalue weighted by Gasteiger charge is 2.29. The van der Waals surface area contributed by atoms with Crippen molar-refractivity contribution in [3.63, 3.8) is 0 Å². The number of thioether (sulfide) groups is 1. The summed E-state index contributed by atoms with van der Waals surface area (Å²) in [5.74, 6) is -0.140. The molecule has 2 atom stereocenters. The van der Waals surface area contributed by atoms with E-state index in [1.807, 2.05) is 42.7 Å². The maximum Gasteiger partial charge on any atom is 0.220 e. The first kappa shape index (κ1) is 17.0. The van der Waals surface area contributed by atoms with Gasteiger partial charge in [-0.3, -0.25) is 4.79 Å². The van der Waals surface area contributed by atoms with E-state index < -0.39 is 0 Å². The van der Waals surface area contributed by atoms with Gasteiger partial charge in [0, 0.05) is 23.9 Å². The molecule has 5 heteroatoms. The second kappa shape index (κ2) is 7.81. The monoisotopic (exact) mass is 344 g/mol. The van der Waals surface area contributed by atoms with Crippen LogP contribution >= 0.6 is 11.8 Å². The second-order valence-corrected chi connectivity index (χ2v) is 6.79. The minimum absolute atomic E-state index is 0.0567. The van der Waals surface area contributed by atoms with Crippen molar-refractivity contribution >= 4 is 17.7 Å². The maximum absolute atomic E-state index is 13.5. The van der Waals surface area contributed by atoms with Gasteiger partial charge in [-0.05, 0) is 42.0 Å². The zero-order valence-corrected chi connectivity index (χ0v) is 14.4. The molecular formula is C19H21FN2OS. The third-order valence-electron chi connectivity index (χ3n) is 4.36. The third kappa shape index (κ3) is 3.97. The molecule has 0 bridgehead atoms. The number of amides is 1. The van der Waals surface area contributed by atoms with E-state index in [9.17, 15) is 9.18 Å². The number of carbonyl (C=O) groups is 1. The molecule has 1 aliphatic heterocycles. The maximum atomic E-state index is 13.5. The molecule has 3 nitrogen and oxygen atoms in total. The minimum atomic E-state index is -0.221. The SMILES string of the molecule is CSc1ccc(F)cc1CNC1CCC(=O)NC1c1ccccc1. The molecule has 0 aliphatic carbocycles. The van der Waals surface area contributed by atoms with Crippen LogP contribution in [0.25, 0.3) is 0 Å². The lowest BCUT2D eigenvalue weighted by atomic mass is 9.92. The Morgan fingerprint density at radius 3 is 2.79 bits per heavy atom. The van der Waals surface area contributed by atoms with Crippen molar-refractivity contribution in [1.29, 1.82) is 0 Å². The minimum Gasteiger partial charge on any atom is -0.348 e. The van der Waals surface area contributed by atoms with Crippen molar-refractivity contribution < 1.29 is 9.18 Å². The molecule has 2 unspecified atom stereocenters. The van der Waals surface area contributed by atoms with Crippen LogP contribution in [-0.4, -0.2) is 18.2 Å². The number of rotatable bonds is 5. The smallest absolute Gasteiger partial charge is 0.220 e. The van der Waals surface area contributed by atoms with Crippen molar-refractivity contribution in [2.24, 2.45) is 0 Å². The Hall–Kier alpha value is -1.85. The van der Waals surface area contributed by atoms with Crippen LogP contribution in [0.3, 0.4) is 0 Å². The molecule has 1 aliphatic rings. The van der Waals surface area contributed by atoms with Crippen molar-refractivity contribution in [1.82, 2.24) is 10.6 Å². The number of piperidine rings is 1. The highest BCUT2D eigenvalue weighted by Crippen LogP contribution is 2.26. The highest BCUT2D eigenvalue weighted by molar-refractivity contribution is 7.98. The molecule has 126 valence electrons. The summed E-state index contributed by atoms with van der Waals surface area (Å²) in [6.45, 7) is 0.581. The summed E-state index contributed by atoms with van der Waals surface area (Å²) < 4.78 is 13.5.